The Labute approximate surface area is 230 Å². The molecule has 0 saturated heterocycles. The highest BCUT2D eigenvalue weighted by molar-refractivity contribution is 7.89. The van der Waals surface area contributed by atoms with Crippen LogP contribution in [0.1, 0.15) is 54.9 Å². The van der Waals surface area contributed by atoms with E-state index in [1.807, 2.05) is 59.3 Å². The van der Waals surface area contributed by atoms with E-state index in [1.165, 1.54) is 0 Å². The highest BCUT2D eigenvalue weighted by atomic mass is 32.2. The molecule has 9 heteroatoms. The Morgan fingerprint density at radius 2 is 1.64 bits per heavy atom. The molecule has 8 nitrogen and oxygen atoms in total. The molecular weight excluding hydrogens is 516 g/mol. The van der Waals surface area contributed by atoms with Gasteiger partial charge in [-0.3, -0.25) is 10.1 Å². The number of amides is 1. The lowest BCUT2D eigenvalue weighted by Crippen LogP contribution is -2.41. The van der Waals surface area contributed by atoms with E-state index >= 15 is 0 Å². The van der Waals surface area contributed by atoms with Crippen LogP contribution in [-0.2, 0) is 15.7 Å². The Morgan fingerprint density at radius 3 is 2.31 bits per heavy atom. The number of ether oxygens (including phenoxy) is 2. The molecule has 208 valence electrons. The molecule has 1 fully saturated rings. The first-order chi connectivity index (χ1) is 18.6. The summed E-state index contributed by atoms with van der Waals surface area (Å²) in [7, 11) is -3.71. The third-order valence-corrected chi connectivity index (χ3v) is 7.27. The van der Waals surface area contributed by atoms with Crippen molar-refractivity contribution in [1.82, 2.24) is 10.0 Å². The minimum absolute atomic E-state index is 0.00848. The lowest BCUT2D eigenvalue weighted by Gasteiger charge is -2.25. The van der Waals surface area contributed by atoms with Crippen LogP contribution in [-0.4, -0.2) is 44.9 Å². The van der Waals surface area contributed by atoms with Crippen LogP contribution in [0, 0.1) is 0 Å². The molecule has 3 N–H and O–H groups in total. The van der Waals surface area contributed by atoms with E-state index in [0.29, 0.717) is 24.7 Å². The fourth-order valence-electron chi connectivity index (χ4n) is 4.64. The van der Waals surface area contributed by atoms with Crippen LogP contribution in [0.15, 0.2) is 72.8 Å². The van der Waals surface area contributed by atoms with Gasteiger partial charge in [0, 0.05) is 6.54 Å². The van der Waals surface area contributed by atoms with Crippen molar-refractivity contribution in [2.45, 2.75) is 50.9 Å². The van der Waals surface area contributed by atoms with Crippen LogP contribution in [0.2, 0.25) is 0 Å². The van der Waals surface area contributed by atoms with Crippen molar-refractivity contribution in [2.75, 3.05) is 19.4 Å². The summed E-state index contributed by atoms with van der Waals surface area (Å²) in [5.74, 6) is 0.346. The molecule has 0 heterocycles. The summed E-state index contributed by atoms with van der Waals surface area (Å²) < 4.78 is 37.4. The number of nitrogens with one attached hydrogen (secondary N) is 2. The van der Waals surface area contributed by atoms with Gasteiger partial charge in [0.15, 0.2) is 0 Å². The van der Waals surface area contributed by atoms with Crippen LogP contribution < -0.4 is 19.5 Å². The number of hydrogen-bond acceptors (Lipinski definition) is 7. The normalized spacial score (nSPS) is 15.8. The quantitative estimate of drug-likeness (QED) is 0.236. The van der Waals surface area contributed by atoms with Gasteiger partial charge in [-0.15, -0.1) is 0 Å². The van der Waals surface area contributed by atoms with E-state index in [2.05, 4.69) is 5.32 Å². The lowest BCUT2D eigenvalue weighted by atomic mass is 9.97. The maximum atomic E-state index is 12.7. The smallest absolute Gasteiger partial charge is 0.268 e. The Kier molecular flexibility index (Phi) is 9.27. The Hall–Kier alpha value is -3.40. The predicted molar refractivity (Wildman–Crippen MR) is 151 cm³/mol. The van der Waals surface area contributed by atoms with E-state index in [4.69, 9.17) is 9.47 Å². The molecule has 0 radical (unpaired) electrons. The van der Waals surface area contributed by atoms with Gasteiger partial charge >= 0.3 is 0 Å². The van der Waals surface area contributed by atoms with Crippen molar-refractivity contribution in [3.63, 3.8) is 0 Å². The molecule has 0 aromatic heterocycles. The second-order valence-electron chi connectivity index (χ2n) is 10.0. The molecule has 0 unspecified atom stereocenters. The number of hydrogen-bond donors (Lipinski definition) is 3. The van der Waals surface area contributed by atoms with Gasteiger partial charge in [-0.25, -0.2) is 13.1 Å². The lowest BCUT2D eigenvalue weighted by molar-refractivity contribution is 0.0169. The van der Waals surface area contributed by atoms with Gasteiger partial charge in [0.2, 0.25) is 10.0 Å². The average Bonchev–Trinajstić information content (AvgIpc) is 2.91. The number of carbonyl (C=O) groups is 1. The number of rotatable bonds is 11. The molecule has 1 aliphatic carbocycles. The zero-order valence-corrected chi connectivity index (χ0v) is 23.2. The topological polar surface area (TPSA) is 114 Å². The number of sulfonamides is 1. The number of carbonyl (C=O) groups excluding carboxylic acids is 1. The van der Waals surface area contributed by atoms with Gasteiger partial charge in [-0.1, -0.05) is 55.0 Å². The zero-order chi connectivity index (χ0) is 27.9. The predicted octanol–water partition coefficient (Wildman–Crippen LogP) is 4.59. The maximum Gasteiger partial charge on any atom is 0.268 e. The second-order valence-corrected chi connectivity index (χ2v) is 11.8. The molecule has 0 bridgehead atoms. The molecule has 1 aliphatic rings. The SMILES string of the molecule is C[C@@](O)(NCCOc1ccc(-c2ccc(C(=O)NS(C)(=O)=O)c(OC3CCCCC3)c2)cc1)c1ccccc1. The molecule has 3 aromatic carbocycles. The maximum absolute atomic E-state index is 12.7. The van der Waals surface area contributed by atoms with E-state index < -0.39 is 21.7 Å². The summed E-state index contributed by atoms with van der Waals surface area (Å²) in [6.07, 6.45) is 6.04. The Morgan fingerprint density at radius 1 is 0.974 bits per heavy atom. The summed E-state index contributed by atoms with van der Waals surface area (Å²) >= 11 is 0. The molecule has 1 saturated carbocycles. The van der Waals surface area contributed by atoms with Gasteiger partial charge in [0.1, 0.15) is 23.8 Å². The minimum atomic E-state index is -3.71. The van der Waals surface area contributed by atoms with Crippen molar-refractivity contribution >= 4 is 15.9 Å². The Bertz CT molecular complexity index is 1350. The summed E-state index contributed by atoms with van der Waals surface area (Å²) in [4.78, 5) is 12.7. The first kappa shape index (κ1) is 28.6. The second kappa shape index (κ2) is 12.6. The van der Waals surface area contributed by atoms with Gasteiger partial charge in [0.25, 0.3) is 5.91 Å². The van der Waals surface area contributed by atoms with E-state index in [9.17, 15) is 18.3 Å². The molecule has 1 amide bonds. The fraction of sp³-hybridized carbons (Fsp3) is 0.367. The van der Waals surface area contributed by atoms with Crippen LogP contribution in [0.3, 0.4) is 0 Å². The number of aliphatic hydroxyl groups is 1. The van der Waals surface area contributed by atoms with Crippen molar-refractivity contribution in [1.29, 1.82) is 0 Å². The van der Waals surface area contributed by atoms with Crippen molar-refractivity contribution in [2.24, 2.45) is 0 Å². The zero-order valence-electron chi connectivity index (χ0n) is 22.4. The molecular formula is C30H36N2O6S. The summed E-state index contributed by atoms with van der Waals surface area (Å²) in [6.45, 7) is 2.52. The average molecular weight is 553 g/mol. The van der Waals surface area contributed by atoms with Crippen LogP contribution in [0.5, 0.6) is 11.5 Å². The van der Waals surface area contributed by atoms with Crippen molar-refractivity contribution < 1.29 is 27.8 Å². The molecule has 3 aromatic rings. The third-order valence-electron chi connectivity index (χ3n) is 6.71. The molecule has 0 spiro atoms. The minimum Gasteiger partial charge on any atom is -0.492 e. The monoisotopic (exact) mass is 552 g/mol. The third kappa shape index (κ3) is 8.29. The Balaban J connectivity index is 1.42. The van der Waals surface area contributed by atoms with Gasteiger partial charge in [0.05, 0.1) is 17.9 Å². The van der Waals surface area contributed by atoms with E-state index in [-0.39, 0.29) is 11.7 Å². The highest BCUT2D eigenvalue weighted by Crippen LogP contribution is 2.32. The van der Waals surface area contributed by atoms with Gasteiger partial charge in [-0.05, 0) is 73.6 Å². The molecule has 39 heavy (non-hydrogen) atoms. The van der Waals surface area contributed by atoms with Crippen LogP contribution >= 0.6 is 0 Å². The van der Waals surface area contributed by atoms with Crippen molar-refractivity contribution in [3.8, 4) is 22.6 Å². The molecule has 0 aliphatic heterocycles. The first-order valence-corrected chi connectivity index (χ1v) is 15.1. The number of benzene rings is 3. The first-order valence-electron chi connectivity index (χ1n) is 13.2. The van der Waals surface area contributed by atoms with Crippen LogP contribution in [0.25, 0.3) is 11.1 Å². The highest BCUT2D eigenvalue weighted by Gasteiger charge is 2.22. The summed E-state index contributed by atoms with van der Waals surface area (Å²) in [5.41, 5.74) is 1.55. The van der Waals surface area contributed by atoms with E-state index in [1.54, 1.807) is 25.1 Å². The van der Waals surface area contributed by atoms with E-state index in [0.717, 1.165) is 55.1 Å². The summed E-state index contributed by atoms with van der Waals surface area (Å²) in [5, 5.41) is 13.7. The van der Waals surface area contributed by atoms with Crippen molar-refractivity contribution in [3.05, 3.63) is 83.9 Å². The fourth-order valence-corrected chi connectivity index (χ4v) is 5.09. The van der Waals surface area contributed by atoms with Gasteiger partial charge in [-0.2, -0.15) is 0 Å². The van der Waals surface area contributed by atoms with Gasteiger partial charge < -0.3 is 14.6 Å². The molecule has 4 rings (SSSR count). The molecule has 1 atom stereocenters. The largest absolute Gasteiger partial charge is 0.492 e. The standard InChI is InChI=1S/C30H36N2O6S/c1-30(34,24-9-5-3-6-10-24)31-19-20-37-25-16-13-22(14-17-25)23-15-18-27(29(33)32-39(2,35)36)28(21-23)38-26-11-7-4-8-12-26/h3,5-6,9-10,13-18,21,26,31,34H,4,7-8,11-12,19-20H2,1-2H3,(H,32,33)/t30-/m0/s1. The summed E-state index contributed by atoms with van der Waals surface area (Å²) in [6, 6.07) is 22.1. The van der Waals surface area contributed by atoms with Crippen LogP contribution in [0.4, 0.5) is 0 Å².